The molecule has 2 aromatic rings. The molecule has 0 aliphatic carbocycles. The molecule has 1 atom stereocenters. The summed E-state index contributed by atoms with van der Waals surface area (Å²) in [7, 11) is 3.30. The largest absolute Gasteiger partial charge is 0.493 e. The van der Waals surface area contributed by atoms with Gasteiger partial charge in [0.25, 0.3) is 0 Å². The van der Waals surface area contributed by atoms with Crippen molar-refractivity contribution in [1.29, 1.82) is 0 Å². The van der Waals surface area contributed by atoms with E-state index in [4.69, 9.17) is 14.2 Å². The first-order chi connectivity index (χ1) is 10.7. The van der Waals surface area contributed by atoms with E-state index in [1.807, 2.05) is 12.1 Å². The second kappa shape index (κ2) is 6.18. The number of anilines is 1. The molecule has 0 bridgehead atoms. The number of nitrogens with one attached hydrogen (secondary N) is 1. The first-order valence-electron chi connectivity index (χ1n) is 7.41. The minimum atomic E-state index is 0.104. The van der Waals surface area contributed by atoms with E-state index < -0.39 is 0 Å². The lowest BCUT2D eigenvalue weighted by Gasteiger charge is -2.28. The first-order valence-corrected chi connectivity index (χ1v) is 7.41. The van der Waals surface area contributed by atoms with E-state index in [2.05, 4.69) is 36.5 Å². The molecule has 1 unspecified atom stereocenters. The summed E-state index contributed by atoms with van der Waals surface area (Å²) in [6.07, 6.45) is 0.924. The van der Waals surface area contributed by atoms with Crippen molar-refractivity contribution < 1.29 is 14.2 Å². The Bertz CT molecular complexity index is 669. The van der Waals surface area contributed by atoms with Crippen LogP contribution in [0.5, 0.6) is 17.2 Å². The van der Waals surface area contributed by atoms with Gasteiger partial charge in [0.2, 0.25) is 0 Å². The second-order valence-corrected chi connectivity index (χ2v) is 5.51. The molecule has 0 saturated heterocycles. The number of hydrogen-bond donors (Lipinski definition) is 1. The second-order valence-electron chi connectivity index (χ2n) is 5.51. The number of methoxy groups -OCH3 is 2. The predicted molar refractivity (Wildman–Crippen MR) is 87.3 cm³/mol. The van der Waals surface area contributed by atoms with Crippen molar-refractivity contribution in [2.24, 2.45) is 0 Å². The van der Waals surface area contributed by atoms with Crippen molar-refractivity contribution in [2.75, 3.05) is 26.1 Å². The molecule has 1 aliphatic heterocycles. The van der Waals surface area contributed by atoms with Gasteiger partial charge in [0, 0.05) is 6.42 Å². The standard InChI is InChI=1S/C18H21NO3/c1-12-4-6-15-17(8-12)22-14(11-19-15)9-13-5-7-16(20-2)18(10-13)21-3/h4-8,10,14,19H,9,11H2,1-3H3. The Morgan fingerprint density at radius 1 is 1.09 bits per heavy atom. The smallest absolute Gasteiger partial charge is 0.160 e. The van der Waals surface area contributed by atoms with Gasteiger partial charge < -0.3 is 19.5 Å². The third kappa shape index (κ3) is 2.96. The molecule has 4 heteroatoms. The van der Waals surface area contributed by atoms with Crippen LogP contribution in [0.15, 0.2) is 36.4 Å². The third-order valence-electron chi connectivity index (χ3n) is 3.86. The first kappa shape index (κ1) is 14.6. The van der Waals surface area contributed by atoms with Gasteiger partial charge in [-0.15, -0.1) is 0 Å². The molecular weight excluding hydrogens is 278 g/mol. The molecule has 3 rings (SSSR count). The van der Waals surface area contributed by atoms with Gasteiger partial charge >= 0.3 is 0 Å². The van der Waals surface area contributed by atoms with Gasteiger partial charge in [-0.3, -0.25) is 0 Å². The molecule has 22 heavy (non-hydrogen) atoms. The maximum atomic E-state index is 6.11. The molecule has 1 N–H and O–H groups in total. The Morgan fingerprint density at radius 3 is 2.68 bits per heavy atom. The summed E-state index contributed by atoms with van der Waals surface area (Å²) in [6, 6.07) is 12.2. The van der Waals surface area contributed by atoms with Crippen LogP contribution in [0.25, 0.3) is 0 Å². The van der Waals surface area contributed by atoms with Gasteiger partial charge in [0.15, 0.2) is 11.5 Å². The molecule has 2 aromatic carbocycles. The highest BCUT2D eigenvalue weighted by Gasteiger charge is 2.20. The minimum Gasteiger partial charge on any atom is -0.493 e. The molecule has 0 amide bonds. The number of hydrogen-bond acceptors (Lipinski definition) is 4. The summed E-state index contributed by atoms with van der Waals surface area (Å²) < 4.78 is 16.7. The Balaban J connectivity index is 1.74. The average molecular weight is 299 g/mol. The number of benzene rings is 2. The summed E-state index contributed by atoms with van der Waals surface area (Å²) in [5.74, 6) is 2.42. The van der Waals surface area contributed by atoms with E-state index >= 15 is 0 Å². The van der Waals surface area contributed by atoms with Crippen LogP contribution >= 0.6 is 0 Å². The van der Waals surface area contributed by atoms with E-state index in [-0.39, 0.29) is 6.10 Å². The molecule has 1 aliphatic rings. The van der Waals surface area contributed by atoms with Crippen molar-refractivity contribution in [2.45, 2.75) is 19.4 Å². The topological polar surface area (TPSA) is 39.7 Å². The Kier molecular flexibility index (Phi) is 4.09. The fourth-order valence-electron chi connectivity index (χ4n) is 2.70. The maximum absolute atomic E-state index is 6.11. The minimum absolute atomic E-state index is 0.104. The molecule has 4 nitrogen and oxygen atoms in total. The quantitative estimate of drug-likeness (QED) is 0.939. The highest BCUT2D eigenvalue weighted by atomic mass is 16.5. The fraction of sp³-hybridized carbons (Fsp3) is 0.333. The zero-order valence-corrected chi connectivity index (χ0v) is 13.2. The lowest BCUT2D eigenvalue weighted by atomic mass is 10.1. The molecule has 0 radical (unpaired) electrons. The van der Waals surface area contributed by atoms with Crippen LogP contribution in [-0.4, -0.2) is 26.9 Å². The summed E-state index contributed by atoms with van der Waals surface area (Å²) in [4.78, 5) is 0. The normalized spacial score (nSPS) is 16.2. The molecule has 0 spiro atoms. The highest BCUT2D eigenvalue weighted by molar-refractivity contribution is 5.59. The van der Waals surface area contributed by atoms with Crippen LogP contribution in [0.4, 0.5) is 5.69 Å². The number of rotatable bonds is 4. The summed E-state index contributed by atoms with van der Waals surface area (Å²) in [5, 5.41) is 3.43. The van der Waals surface area contributed by atoms with Crippen LogP contribution < -0.4 is 19.5 Å². The molecular formula is C18H21NO3. The predicted octanol–water partition coefficient (Wildman–Crippen LogP) is 3.43. The van der Waals surface area contributed by atoms with E-state index in [9.17, 15) is 0 Å². The van der Waals surface area contributed by atoms with E-state index in [0.717, 1.165) is 35.9 Å². The Labute approximate surface area is 131 Å². The summed E-state index contributed by atoms with van der Waals surface area (Å²) in [6.45, 7) is 2.87. The Morgan fingerprint density at radius 2 is 1.91 bits per heavy atom. The van der Waals surface area contributed by atoms with Crippen LogP contribution in [0, 0.1) is 6.92 Å². The van der Waals surface area contributed by atoms with Crippen LogP contribution in [0.3, 0.4) is 0 Å². The van der Waals surface area contributed by atoms with Crippen LogP contribution in [-0.2, 0) is 6.42 Å². The summed E-state index contributed by atoms with van der Waals surface area (Å²) in [5.41, 5.74) is 3.43. The molecule has 116 valence electrons. The monoisotopic (exact) mass is 299 g/mol. The molecule has 1 heterocycles. The van der Waals surface area contributed by atoms with Crippen LogP contribution in [0.1, 0.15) is 11.1 Å². The van der Waals surface area contributed by atoms with E-state index in [0.29, 0.717) is 0 Å². The van der Waals surface area contributed by atoms with Gasteiger partial charge in [0.05, 0.1) is 26.5 Å². The number of aryl methyl sites for hydroxylation is 1. The molecule has 0 saturated carbocycles. The molecule has 0 aromatic heterocycles. The van der Waals surface area contributed by atoms with Crippen molar-refractivity contribution in [3.05, 3.63) is 47.5 Å². The Hall–Kier alpha value is -2.36. The SMILES string of the molecule is COc1ccc(CC2CNc3ccc(C)cc3O2)cc1OC. The molecule has 0 fully saturated rings. The lowest BCUT2D eigenvalue weighted by molar-refractivity contribution is 0.206. The van der Waals surface area contributed by atoms with Crippen molar-refractivity contribution in [3.8, 4) is 17.2 Å². The summed E-state index contributed by atoms with van der Waals surface area (Å²) >= 11 is 0. The van der Waals surface area contributed by atoms with Gasteiger partial charge in [-0.05, 0) is 42.3 Å². The van der Waals surface area contributed by atoms with E-state index in [1.54, 1.807) is 14.2 Å². The van der Waals surface area contributed by atoms with Gasteiger partial charge in [0.1, 0.15) is 11.9 Å². The number of ether oxygens (including phenoxy) is 3. The van der Waals surface area contributed by atoms with Gasteiger partial charge in [-0.2, -0.15) is 0 Å². The van der Waals surface area contributed by atoms with Crippen molar-refractivity contribution >= 4 is 5.69 Å². The lowest BCUT2D eigenvalue weighted by Crippen LogP contribution is -2.32. The van der Waals surface area contributed by atoms with E-state index in [1.165, 1.54) is 11.1 Å². The van der Waals surface area contributed by atoms with Crippen molar-refractivity contribution in [1.82, 2.24) is 0 Å². The van der Waals surface area contributed by atoms with Gasteiger partial charge in [-0.25, -0.2) is 0 Å². The van der Waals surface area contributed by atoms with Crippen molar-refractivity contribution in [3.63, 3.8) is 0 Å². The zero-order chi connectivity index (χ0) is 15.5. The zero-order valence-electron chi connectivity index (χ0n) is 13.2. The highest BCUT2D eigenvalue weighted by Crippen LogP contribution is 2.32. The maximum Gasteiger partial charge on any atom is 0.160 e. The number of fused-ring (bicyclic) bond motifs is 1. The fourth-order valence-corrected chi connectivity index (χ4v) is 2.70. The van der Waals surface area contributed by atoms with Gasteiger partial charge in [-0.1, -0.05) is 12.1 Å². The third-order valence-corrected chi connectivity index (χ3v) is 3.86. The average Bonchev–Trinajstić information content (AvgIpc) is 2.54. The van der Waals surface area contributed by atoms with Crippen LogP contribution in [0.2, 0.25) is 0 Å².